The zero-order chi connectivity index (χ0) is 23.2. The third kappa shape index (κ3) is 6.74. The van der Waals surface area contributed by atoms with Crippen LogP contribution in [0.2, 0.25) is 15.1 Å². The smallest absolute Gasteiger partial charge is 0.254 e. The van der Waals surface area contributed by atoms with Crippen LogP contribution in [0.3, 0.4) is 0 Å². The number of hydrogen-bond donors (Lipinski definition) is 1. The number of hydrogen-bond acceptors (Lipinski definition) is 2. The Morgan fingerprint density at radius 2 is 1.58 bits per heavy atom. The van der Waals surface area contributed by atoms with Crippen LogP contribution in [0.4, 0.5) is 0 Å². The fourth-order valence-electron chi connectivity index (χ4n) is 4.50. The first-order valence-electron chi connectivity index (χ1n) is 11.3. The third-order valence-corrected chi connectivity index (χ3v) is 6.85. The lowest BCUT2D eigenvalue weighted by atomic mass is 9.91. The van der Waals surface area contributed by atoms with Crippen LogP contribution in [0.1, 0.15) is 34.3 Å². The predicted octanol–water partition coefficient (Wildman–Crippen LogP) is 6.70. The van der Waals surface area contributed by atoms with Crippen LogP contribution in [0.15, 0.2) is 72.8 Å². The van der Waals surface area contributed by atoms with Crippen LogP contribution in [0, 0.1) is 0 Å². The van der Waals surface area contributed by atoms with Gasteiger partial charge in [0.15, 0.2) is 0 Å². The van der Waals surface area contributed by atoms with E-state index in [4.69, 9.17) is 34.8 Å². The van der Waals surface area contributed by atoms with Gasteiger partial charge in [-0.05, 0) is 73.7 Å². The Morgan fingerprint density at radius 3 is 2.27 bits per heavy atom. The lowest BCUT2D eigenvalue weighted by molar-refractivity contribution is 0.0578. The number of carbonyl (C=O) groups excluding carboxylic acids is 1. The molecule has 0 radical (unpaired) electrons. The van der Waals surface area contributed by atoms with E-state index in [1.54, 1.807) is 18.2 Å². The minimum atomic E-state index is -0.0139. The second-order valence-electron chi connectivity index (χ2n) is 8.55. The molecule has 3 aromatic carbocycles. The van der Waals surface area contributed by atoms with Gasteiger partial charge in [0.2, 0.25) is 0 Å². The Balaban J connectivity index is 1.44. The molecule has 6 heteroatoms. The largest absolute Gasteiger partial charge is 0.335 e. The maximum atomic E-state index is 13.4. The summed E-state index contributed by atoms with van der Waals surface area (Å²) in [6.07, 6.45) is 3.57. The second kappa shape index (κ2) is 11.4. The molecule has 3 nitrogen and oxygen atoms in total. The molecule has 1 aliphatic heterocycles. The first kappa shape index (κ1) is 24.1. The summed E-state index contributed by atoms with van der Waals surface area (Å²) in [5.41, 5.74) is 3.03. The van der Waals surface area contributed by atoms with Gasteiger partial charge in [0.25, 0.3) is 5.91 Å². The fraction of sp³-hybridized carbons (Fsp3) is 0.296. The van der Waals surface area contributed by atoms with Crippen molar-refractivity contribution < 1.29 is 4.79 Å². The Kier molecular flexibility index (Phi) is 8.32. The number of carbonyl (C=O) groups is 1. The number of halogens is 3. The Labute approximate surface area is 210 Å². The molecule has 1 aliphatic rings. The second-order valence-corrected chi connectivity index (χ2v) is 9.86. The molecular weight excluding hydrogens is 475 g/mol. The molecule has 0 aliphatic carbocycles. The zero-order valence-corrected chi connectivity index (χ0v) is 20.6. The molecule has 1 N–H and O–H groups in total. The lowest BCUT2D eigenvalue weighted by Gasteiger charge is -2.40. The number of likely N-dealkylation sites (tertiary alicyclic amines) is 1. The van der Waals surface area contributed by atoms with Gasteiger partial charge in [0.05, 0.1) is 0 Å². The Bertz CT molecular complexity index is 1050. The predicted molar refractivity (Wildman–Crippen MR) is 138 cm³/mol. The van der Waals surface area contributed by atoms with Gasteiger partial charge < -0.3 is 10.2 Å². The van der Waals surface area contributed by atoms with Crippen molar-refractivity contribution in [2.75, 3.05) is 13.1 Å². The van der Waals surface area contributed by atoms with E-state index in [-0.39, 0.29) is 11.9 Å². The summed E-state index contributed by atoms with van der Waals surface area (Å²) in [7, 11) is 0. The summed E-state index contributed by atoms with van der Waals surface area (Å²) < 4.78 is 0. The number of nitrogens with one attached hydrogen (secondary N) is 1. The summed E-state index contributed by atoms with van der Waals surface area (Å²) >= 11 is 18.3. The van der Waals surface area contributed by atoms with E-state index in [1.165, 1.54) is 11.1 Å². The van der Waals surface area contributed by atoms with Crippen LogP contribution in [-0.2, 0) is 12.8 Å². The SMILES string of the molecule is O=C(c1cc(Cl)cc(Cl)c1)N1CC[C@H](NCCc2ccc(Cl)cc2)C[C@@H]1Cc1ccccc1. The molecule has 1 heterocycles. The summed E-state index contributed by atoms with van der Waals surface area (Å²) in [5, 5.41) is 5.41. The number of amides is 1. The molecule has 4 rings (SSSR count). The van der Waals surface area contributed by atoms with Crippen LogP contribution in [0.25, 0.3) is 0 Å². The van der Waals surface area contributed by atoms with Gasteiger partial charge in [-0.25, -0.2) is 0 Å². The van der Waals surface area contributed by atoms with Crippen molar-refractivity contribution in [3.05, 3.63) is 105 Å². The zero-order valence-electron chi connectivity index (χ0n) is 18.3. The van der Waals surface area contributed by atoms with E-state index >= 15 is 0 Å². The molecule has 0 aromatic heterocycles. The maximum absolute atomic E-state index is 13.4. The Hall–Kier alpha value is -2.04. The van der Waals surface area contributed by atoms with E-state index in [0.717, 1.165) is 37.3 Å². The van der Waals surface area contributed by atoms with Gasteiger partial charge in [-0.15, -0.1) is 0 Å². The van der Waals surface area contributed by atoms with Crippen molar-refractivity contribution in [1.29, 1.82) is 0 Å². The summed E-state index contributed by atoms with van der Waals surface area (Å²) in [5.74, 6) is -0.0139. The lowest BCUT2D eigenvalue weighted by Crippen LogP contribution is -2.52. The van der Waals surface area contributed by atoms with Crippen molar-refractivity contribution in [2.24, 2.45) is 0 Å². The van der Waals surface area contributed by atoms with Gasteiger partial charge in [0, 0.05) is 39.3 Å². The highest BCUT2D eigenvalue weighted by molar-refractivity contribution is 6.35. The number of benzene rings is 3. The van der Waals surface area contributed by atoms with Crippen molar-refractivity contribution in [3.63, 3.8) is 0 Å². The summed E-state index contributed by atoms with van der Waals surface area (Å²) in [6.45, 7) is 1.58. The van der Waals surface area contributed by atoms with Gasteiger partial charge >= 0.3 is 0 Å². The van der Waals surface area contributed by atoms with Crippen LogP contribution in [0.5, 0.6) is 0 Å². The average Bonchev–Trinajstić information content (AvgIpc) is 2.80. The van der Waals surface area contributed by atoms with E-state index < -0.39 is 0 Å². The first-order valence-corrected chi connectivity index (χ1v) is 12.4. The molecule has 0 unspecified atom stereocenters. The van der Waals surface area contributed by atoms with Crippen molar-refractivity contribution >= 4 is 40.7 Å². The molecular formula is C27H27Cl3N2O. The van der Waals surface area contributed by atoms with E-state index in [1.807, 2.05) is 35.2 Å². The molecule has 1 amide bonds. The Morgan fingerprint density at radius 1 is 0.879 bits per heavy atom. The number of piperidine rings is 1. The normalized spacial score (nSPS) is 18.3. The van der Waals surface area contributed by atoms with Crippen LogP contribution >= 0.6 is 34.8 Å². The molecule has 0 saturated carbocycles. The average molecular weight is 502 g/mol. The molecule has 172 valence electrons. The molecule has 33 heavy (non-hydrogen) atoms. The maximum Gasteiger partial charge on any atom is 0.254 e. The minimum absolute atomic E-state index is 0.0139. The van der Waals surface area contributed by atoms with Gasteiger partial charge in [-0.2, -0.15) is 0 Å². The first-order chi connectivity index (χ1) is 16.0. The van der Waals surface area contributed by atoms with Crippen molar-refractivity contribution in [1.82, 2.24) is 10.2 Å². The van der Waals surface area contributed by atoms with E-state index in [9.17, 15) is 4.79 Å². The summed E-state index contributed by atoms with van der Waals surface area (Å²) in [6, 6.07) is 23.9. The van der Waals surface area contributed by atoms with E-state index in [0.29, 0.717) is 28.2 Å². The molecule has 1 fully saturated rings. The van der Waals surface area contributed by atoms with Crippen molar-refractivity contribution in [3.8, 4) is 0 Å². The van der Waals surface area contributed by atoms with Crippen LogP contribution < -0.4 is 5.32 Å². The van der Waals surface area contributed by atoms with E-state index in [2.05, 4.69) is 29.6 Å². The highest BCUT2D eigenvalue weighted by atomic mass is 35.5. The minimum Gasteiger partial charge on any atom is -0.335 e. The number of nitrogens with zero attached hydrogens (tertiary/aromatic N) is 1. The topological polar surface area (TPSA) is 32.3 Å². The third-order valence-electron chi connectivity index (χ3n) is 6.16. The fourth-order valence-corrected chi connectivity index (χ4v) is 5.15. The van der Waals surface area contributed by atoms with Crippen LogP contribution in [-0.4, -0.2) is 36.0 Å². The molecule has 1 saturated heterocycles. The van der Waals surface area contributed by atoms with Gasteiger partial charge in [-0.1, -0.05) is 77.3 Å². The summed E-state index contributed by atoms with van der Waals surface area (Å²) in [4.78, 5) is 15.4. The standard InChI is InChI=1S/C27H27Cl3N2O/c28-22-8-6-19(7-9-22)10-12-31-25-11-13-32(26(18-25)14-20-4-2-1-3-5-20)27(33)21-15-23(29)17-24(30)16-21/h1-9,15-17,25-26,31H,10-14,18H2/t25-,26-/m0/s1. The molecule has 2 atom stereocenters. The highest BCUT2D eigenvalue weighted by Crippen LogP contribution is 2.26. The molecule has 0 spiro atoms. The molecule has 3 aromatic rings. The monoisotopic (exact) mass is 500 g/mol. The highest BCUT2D eigenvalue weighted by Gasteiger charge is 2.32. The van der Waals surface area contributed by atoms with Gasteiger partial charge in [0.1, 0.15) is 0 Å². The van der Waals surface area contributed by atoms with Crippen molar-refractivity contribution in [2.45, 2.75) is 37.8 Å². The number of rotatable bonds is 7. The van der Waals surface area contributed by atoms with Gasteiger partial charge in [-0.3, -0.25) is 4.79 Å². The molecule has 0 bridgehead atoms. The quantitative estimate of drug-likeness (QED) is 0.391.